The summed E-state index contributed by atoms with van der Waals surface area (Å²) in [5, 5.41) is 5.53. The van der Waals surface area contributed by atoms with E-state index in [1.54, 1.807) is 17.4 Å². The van der Waals surface area contributed by atoms with Crippen molar-refractivity contribution in [2.24, 2.45) is 0 Å². The highest BCUT2D eigenvalue weighted by molar-refractivity contribution is 7.09. The van der Waals surface area contributed by atoms with E-state index in [9.17, 15) is 0 Å². The standard InChI is InChI=1S/C17H21NO2S/c1-3-9-20-16-8-7-14(11-17(16)19-4-2)12-18-13-15-6-5-10-21-15/h3,5-8,10-11,18H,1,4,9,12-13H2,2H3. The van der Waals surface area contributed by atoms with Crippen molar-refractivity contribution in [3.05, 3.63) is 58.8 Å². The van der Waals surface area contributed by atoms with Gasteiger partial charge in [-0.2, -0.15) is 0 Å². The summed E-state index contributed by atoms with van der Waals surface area (Å²) in [6.45, 7) is 8.42. The number of hydrogen-bond acceptors (Lipinski definition) is 4. The molecule has 0 aliphatic carbocycles. The molecule has 0 atom stereocenters. The summed E-state index contributed by atoms with van der Waals surface area (Å²) >= 11 is 1.76. The van der Waals surface area contributed by atoms with E-state index in [0.29, 0.717) is 13.2 Å². The molecule has 1 aromatic carbocycles. The Morgan fingerprint density at radius 3 is 2.81 bits per heavy atom. The van der Waals surface area contributed by atoms with E-state index in [0.717, 1.165) is 24.6 Å². The lowest BCUT2D eigenvalue weighted by Gasteiger charge is -2.12. The summed E-state index contributed by atoms with van der Waals surface area (Å²) in [4.78, 5) is 1.34. The summed E-state index contributed by atoms with van der Waals surface area (Å²) in [5.74, 6) is 1.55. The summed E-state index contributed by atoms with van der Waals surface area (Å²) in [6.07, 6.45) is 1.73. The Labute approximate surface area is 130 Å². The molecular formula is C17H21NO2S. The van der Waals surface area contributed by atoms with Crippen molar-refractivity contribution >= 4 is 11.3 Å². The first-order valence-electron chi connectivity index (χ1n) is 7.06. The number of benzene rings is 1. The molecule has 1 N–H and O–H groups in total. The van der Waals surface area contributed by atoms with E-state index in [4.69, 9.17) is 9.47 Å². The van der Waals surface area contributed by atoms with Gasteiger partial charge in [-0.25, -0.2) is 0 Å². The van der Waals surface area contributed by atoms with E-state index in [-0.39, 0.29) is 0 Å². The quantitative estimate of drug-likeness (QED) is 0.710. The minimum absolute atomic E-state index is 0.482. The topological polar surface area (TPSA) is 30.5 Å². The molecule has 1 aromatic heterocycles. The van der Waals surface area contributed by atoms with Crippen molar-refractivity contribution in [1.29, 1.82) is 0 Å². The van der Waals surface area contributed by atoms with Gasteiger partial charge in [0.25, 0.3) is 0 Å². The second-order valence-corrected chi connectivity index (χ2v) is 5.53. The monoisotopic (exact) mass is 303 g/mol. The van der Waals surface area contributed by atoms with E-state index < -0.39 is 0 Å². The normalized spacial score (nSPS) is 10.3. The average molecular weight is 303 g/mol. The molecule has 1 heterocycles. The lowest BCUT2D eigenvalue weighted by molar-refractivity contribution is 0.296. The second-order valence-electron chi connectivity index (χ2n) is 4.50. The van der Waals surface area contributed by atoms with Crippen molar-refractivity contribution in [2.45, 2.75) is 20.0 Å². The van der Waals surface area contributed by atoms with Gasteiger partial charge in [-0.05, 0) is 36.1 Å². The third kappa shape index (κ3) is 4.92. The minimum atomic E-state index is 0.482. The van der Waals surface area contributed by atoms with Gasteiger partial charge in [-0.3, -0.25) is 0 Å². The van der Waals surface area contributed by atoms with Crippen LogP contribution < -0.4 is 14.8 Å². The Morgan fingerprint density at radius 1 is 1.19 bits per heavy atom. The van der Waals surface area contributed by atoms with Crippen LogP contribution in [0.4, 0.5) is 0 Å². The SMILES string of the molecule is C=CCOc1ccc(CNCc2cccs2)cc1OCC. The third-order valence-electron chi connectivity index (χ3n) is 2.87. The van der Waals surface area contributed by atoms with Crippen LogP contribution >= 0.6 is 11.3 Å². The van der Waals surface area contributed by atoms with Gasteiger partial charge in [0.1, 0.15) is 6.61 Å². The fraction of sp³-hybridized carbons (Fsp3) is 0.294. The van der Waals surface area contributed by atoms with Gasteiger partial charge in [-0.15, -0.1) is 11.3 Å². The molecule has 0 saturated carbocycles. The van der Waals surface area contributed by atoms with Crippen LogP contribution in [0.5, 0.6) is 11.5 Å². The van der Waals surface area contributed by atoms with Crippen LogP contribution in [0.1, 0.15) is 17.4 Å². The molecule has 3 nitrogen and oxygen atoms in total. The highest BCUT2D eigenvalue weighted by Gasteiger charge is 2.06. The Balaban J connectivity index is 1.95. The average Bonchev–Trinajstić information content (AvgIpc) is 3.00. The van der Waals surface area contributed by atoms with Crippen molar-refractivity contribution in [3.8, 4) is 11.5 Å². The van der Waals surface area contributed by atoms with Crippen molar-refractivity contribution in [3.63, 3.8) is 0 Å². The zero-order chi connectivity index (χ0) is 14.9. The van der Waals surface area contributed by atoms with Crippen LogP contribution in [0.15, 0.2) is 48.4 Å². The van der Waals surface area contributed by atoms with Gasteiger partial charge < -0.3 is 14.8 Å². The van der Waals surface area contributed by atoms with Crippen LogP contribution in [0.2, 0.25) is 0 Å². The van der Waals surface area contributed by atoms with Crippen molar-refractivity contribution in [1.82, 2.24) is 5.32 Å². The molecule has 0 fully saturated rings. The summed E-state index contributed by atoms with van der Waals surface area (Å²) < 4.78 is 11.2. The maximum atomic E-state index is 5.64. The van der Waals surface area contributed by atoms with Gasteiger partial charge in [0.05, 0.1) is 6.61 Å². The van der Waals surface area contributed by atoms with E-state index >= 15 is 0 Å². The molecule has 112 valence electrons. The first kappa shape index (κ1) is 15.6. The summed E-state index contributed by atoms with van der Waals surface area (Å²) in [6, 6.07) is 10.2. The first-order chi connectivity index (χ1) is 10.3. The Kier molecular flexibility index (Phi) is 6.31. The fourth-order valence-electron chi connectivity index (χ4n) is 1.94. The van der Waals surface area contributed by atoms with Gasteiger partial charge >= 0.3 is 0 Å². The maximum absolute atomic E-state index is 5.64. The lowest BCUT2D eigenvalue weighted by Crippen LogP contribution is -2.12. The zero-order valence-corrected chi connectivity index (χ0v) is 13.1. The largest absolute Gasteiger partial charge is 0.490 e. The van der Waals surface area contributed by atoms with E-state index in [1.807, 2.05) is 19.1 Å². The van der Waals surface area contributed by atoms with Crippen LogP contribution in [-0.2, 0) is 13.1 Å². The van der Waals surface area contributed by atoms with Crippen LogP contribution in [0.25, 0.3) is 0 Å². The Hall–Kier alpha value is -1.78. The minimum Gasteiger partial charge on any atom is -0.490 e. The number of ether oxygens (including phenoxy) is 2. The molecule has 21 heavy (non-hydrogen) atoms. The molecule has 0 saturated heterocycles. The molecule has 0 unspecified atom stereocenters. The maximum Gasteiger partial charge on any atom is 0.161 e. The Bertz CT molecular complexity index is 552. The molecule has 2 aromatic rings. The summed E-state index contributed by atoms with van der Waals surface area (Å²) in [7, 11) is 0. The van der Waals surface area contributed by atoms with Gasteiger partial charge in [-0.1, -0.05) is 24.8 Å². The van der Waals surface area contributed by atoms with Crippen molar-refractivity contribution in [2.75, 3.05) is 13.2 Å². The first-order valence-corrected chi connectivity index (χ1v) is 7.94. The van der Waals surface area contributed by atoms with Crippen LogP contribution in [-0.4, -0.2) is 13.2 Å². The van der Waals surface area contributed by atoms with Gasteiger partial charge in [0.15, 0.2) is 11.5 Å². The molecule has 2 rings (SSSR count). The predicted octanol–water partition coefficient (Wildman–Crippen LogP) is 4.00. The molecule has 0 bridgehead atoms. The molecule has 0 aliphatic rings. The number of thiophene rings is 1. The van der Waals surface area contributed by atoms with Gasteiger partial charge in [0, 0.05) is 18.0 Å². The molecule has 0 radical (unpaired) electrons. The van der Waals surface area contributed by atoms with E-state index in [1.165, 1.54) is 10.4 Å². The lowest BCUT2D eigenvalue weighted by atomic mass is 10.2. The highest BCUT2D eigenvalue weighted by atomic mass is 32.1. The molecule has 0 amide bonds. The number of nitrogens with one attached hydrogen (secondary N) is 1. The zero-order valence-electron chi connectivity index (χ0n) is 12.3. The predicted molar refractivity (Wildman–Crippen MR) is 88.2 cm³/mol. The van der Waals surface area contributed by atoms with Crippen LogP contribution in [0, 0.1) is 0 Å². The van der Waals surface area contributed by atoms with E-state index in [2.05, 4.69) is 35.5 Å². The molecule has 0 aliphatic heterocycles. The van der Waals surface area contributed by atoms with Crippen molar-refractivity contribution < 1.29 is 9.47 Å². The number of rotatable bonds is 9. The van der Waals surface area contributed by atoms with Crippen LogP contribution in [0.3, 0.4) is 0 Å². The molecule has 4 heteroatoms. The third-order valence-corrected chi connectivity index (χ3v) is 3.75. The molecule has 0 spiro atoms. The Morgan fingerprint density at radius 2 is 2.10 bits per heavy atom. The summed E-state index contributed by atoms with van der Waals surface area (Å²) in [5.41, 5.74) is 1.18. The fourth-order valence-corrected chi connectivity index (χ4v) is 2.62. The highest BCUT2D eigenvalue weighted by Crippen LogP contribution is 2.28. The smallest absolute Gasteiger partial charge is 0.161 e. The van der Waals surface area contributed by atoms with Gasteiger partial charge in [0.2, 0.25) is 0 Å². The second kappa shape index (κ2) is 8.49. The molecular weight excluding hydrogens is 282 g/mol. The number of hydrogen-bond donors (Lipinski definition) is 1.